The third kappa shape index (κ3) is 6.81. The van der Waals surface area contributed by atoms with Crippen LogP contribution < -0.4 is 5.32 Å². The van der Waals surface area contributed by atoms with Gasteiger partial charge in [-0.25, -0.2) is 13.6 Å². The highest BCUT2D eigenvalue weighted by molar-refractivity contribution is 6.40. The molecule has 4 rings (SSSR count). The number of hydrogen-bond acceptors (Lipinski definition) is 4. The molecule has 1 aliphatic heterocycles. The summed E-state index contributed by atoms with van der Waals surface area (Å²) in [5, 5.41) is 12.2. The van der Waals surface area contributed by atoms with Crippen LogP contribution in [-0.4, -0.2) is 46.2 Å². The largest absolute Gasteiger partial charge is 0.480 e. The van der Waals surface area contributed by atoms with E-state index in [4.69, 9.17) is 23.2 Å². The second-order valence-corrected chi connectivity index (χ2v) is 10.3. The van der Waals surface area contributed by atoms with Crippen LogP contribution in [-0.2, 0) is 29.0 Å². The minimum Gasteiger partial charge on any atom is -0.480 e. The molecule has 11 heteroatoms. The van der Waals surface area contributed by atoms with Crippen molar-refractivity contribution in [2.45, 2.75) is 32.4 Å². The third-order valence-electron chi connectivity index (χ3n) is 6.71. The van der Waals surface area contributed by atoms with E-state index in [0.717, 1.165) is 24.3 Å². The van der Waals surface area contributed by atoms with Gasteiger partial charge in [-0.15, -0.1) is 0 Å². The molecule has 0 unspecified atom stereocenters. The van der Waals surface area contributed by atoms with Gasteiger partial charge in [0.15, 0.2) is 5.78 Å². The van der Waals surface area contributed by atoms with Crippen molar-refractivity contribution in [1.29, 1.82) is 0 Å². The molecule has 1 heterocycles. The van der Waals surface area contributed by atoms with Crippen molar-refractivity contribution in [3.8, 4) is 0 Å². The average molecular weight is 601 g/mol. The maximum Gasteiger partial charge on any atom is 0.326 e. The predicted molar refractivity (Wildman–Crippen MR) is 150 cm³/mol. The first-order valence-electron chi connectivity index (χ1n) is 12.5. The Morgan fingerprint density at radius 3 is 2.41 bits per heavy atom. The van der Waals surface area contributed by atoms with Gasteiger partial charge in [-0.3, -0.25) is 14.4 Å². The van der Waals surface area contributed by atoms with Crippen molar-refractivity contribution >= 4 is 52.8 Å². The maximum atomic E-state index is 13.9. The van der Waals surface area contributed by atoms with E-state index < -0.39 is 35.5 Å². The second-order valence-electron chi connectivity index (χ2n) is 9.49. The first kappa shape index (κ1) is 29.9. The van der Waals surface area contributed by atoms with Crippen LogP contribution in [0.2, 0.25) is 10.0 Å². The number of nitrogens with zero attached hydrogens (tertiary/aromatic N) is 1. The number of aliphatic carboxylic acids is 1. The number of benzene rings is 3. The lowest BCUT2D eigenvalue weighted by molar-refractivity contribution is -0.139. The normalized spacial score (nSPS) is 13.5. The van der Waals surface area contributed by atoms with E-state index in [9.17, 15) is 33.1 Å². The lowest BCUT2D eigenvalue weighted by Gasteiger charge is -2.29. The Kier molecular flexibility index (Phi) is 9.20. The predicted octanol–water partition coefficient (Wildman–Crippen LogP) is 5.50. The molecule has 3 aromatic rings. The zero-order valence-electron chi connectivity index (χ0n) is 21.7. The van der Waals surface area contributed by atoms with Crippen molar-refractivity contribution in [2.24, 2.45) is 0 Å². The molecular formula is C30H24Cl2F2N2O5. The molecule has 0 aromatic heterocycles. The summed E-state index contributed by atoms with van der Waals surface area (Å²) >= 11 is 13.0. The van der Waals surface area contributed by atoms with Crippen molar-refractivity contribution in [2.75, 3.05) is 6.54 Å². The van der Waals surface area contributed by atoms with Crippen LogP contribution in [0.3, 0.4) is 0 Å². The highest BCUT2D eigenvalue weighted by atomic mass is 35.5. The number of halogens is 4. The zero-order valence-corrected chi connectivity index (χ0v) is 23.2. The van der Waals surface area contributed by atoms with Gasteiger partial charge in [-0.1, -0.05) is 47.5 Å². The van der Waals surface area contributed by atoms with Crippen LogP contribution in [0.1, 0.15) is 49.9 Å². The number of hydrogen-bond donors (Lipinski definition) is 2. The van der Waals surface area contributed by atoms with Gasteiger partial charge in [0.05, 0.1) is 15.6 Å². The quantitative estimate of drug-likeness (QED) is 0.262. The fourth-order valence-corrected chi connectivity index (χ4v) is 5.33. The number of carbonyl (C=O) groups excluding carboxylic acids is 3. The van der Waals surface area contributed by atoms with Gasteiger partial charge < -0.3 is 15.3 Å². The minimum absolute atomic E-state index is 0.0350. The molecule has 0 spiro atoms. The molecule has 0 saturated carbocycles. The number of carboxylic acids is 1. The van der Waals surface area contributed by atoms with E-state index in [1.165, 1.54) is 24.0 Å². The molecule has 0 fully saturated rings. The van der Waals surface area contributed by atoms with Gasteiger partial charge in [0.2, 0.25) is 5.91 Å². The molecule has 1 aliphatic rings. The molecular weight excluding hydrogens is 577 g/mol. The number of nitrogens with one attached hydrogen (secondary N) is 1. The van der Waals surface area contributed by atoms with E-state index in [1.54, 1.807) is 24.3 Å². The number of Topliss-reactive ketones (excluding diaryl/α,β-unsaturated/α-hetero) is 1. The minimum atomic E-state index is -1.33. The second kappa shape index (κ2) is 12.6. The Morgan fingerprint density at radius 2 is 1.76 bits per heavy atom. The highest BCUT2D eigenvalue weighted by Gasteiger charge is 2.29. The molecule has 2 N–H and O–H groups in total. The molecule has 2 amide bonds. The first-order valence-corrected chi connectivity index (χ1v) is 13.3. The topological polar surface area (TPSA) is 104 Å². The molecule has 0 radical (unpaired) electrons. The lowest BCUT2D eigenvalue weighted by atomic mass is 9.96. The Hall–Kier alpha value is -4.08. The van der Waals surface area contributed by atoms with Gasteiger partial charge in [0, 0.05) is 36.7 Å². The summed E-state index contributed by atoms with van der Waals surface area (Å²) in [5.74, 6) is -4.31. The van der Waals surface area contributed by atoms with Gasteiger partial charge in [0.1, 0.15) is 17.7 Å². The van der Waals surface area contributed by atoms with E-state index in [-0.39, 0.29) is 52.9 Å². The Balaban J connectivity index is 1.51. The number of carboxylic acid groups (broad SMARTS) is 1. The fourth-order valence-electron chi connectivity index (χ4n) is 4.56. The molecule has 3 aromatic carbocycles. The Bertz CT molecular complexity index is 1570. The summed E-state index contributed by atoms with van der Waals surface area (Å²) in [6, 6.07) is 10.0. The number of ketones is 1. The summed E-state index contributed by atoms with van der Waals surface area (Å²) in [6.07, 6.45) is 2.34. The van der Waals surface area contributed by atoms with Crippen molar-refractivity contribution in [3.63, 3.8) is 0 Å². The van der Waals surface area contributed by atoms with Gasteiger partial charge in [0.25, 0.3) is 5.91 Å². The van der Waals surface area contributed by atoms with E-state index >= 15 is 0 Å². The number of carbonyl (C=O) groups is 4. The average Bonchev–Trinajstić information content (AvgIpc) is 2.92. The van der Waals surface area contributed by atoms with Crippen LogP contribution in [0.4, 0.5) is 8.78 Å². The van der Waals surface area contributed by atoms with Crippen molar-refractivity contribution < 1.29 is 33.1 Å². The van der Waals surface area contributed by atoms with Gasteiger partial charge in [-0.05, 0) is 60.4 Å². The summed E-state index contributed by atoms with van der Waals surface area (Å²) in [5.41, 5.74) is 1.70. The Labute approximate surface area is 244 Å². The van der Waals surface area contributed by atoms with Crippen LogP contribution >= 0.6 is 23.2 Å². The summed E-state index contributed by atoms with van der Waals surface area (Å²) in [7, 11) is 0. The van der Waals surface area contributed by atoms with Crippen LogP contribution in [0.25, 0.3) is 6.08 Å². The summed E-state index contributed by atoms with van der Waals surface area (Å²) in [6.45, 7) is 1.70. The molecule has 0 aliphatic carbocycles. The SMILES string of the molecule is CC(=O)c1cccc(C[C@H](NC(=O)c2c(Cl)cc3c(c2Cl)CCN(C(=O)/C=C/c2c(F)cccc2F)C3)C(=O)O)c1. The monoisotopic (exact) mass is 600 g/mol. The van der Waals surface area contributed by atoms with E-state index in [0.29, 0.717) is 22.3 Å². The lowest BCUT2D eigenvalue weighted by Crippen LogP contribution is -2.42. The molecule has 0 bridgehead atoms. The fraction of sp³-hybridized carbons (Fsp3) is 0.200. The number of rotatable bonds is 8. The molecule has 1 atom stereocenters. The van der Waals surface area contributed by atoms with Gasteiger partial charge >= 0.3 is 5.97 Å². The standard InChI is InChI=1S/C30H24Cl2F2N2O5/c1-16(37)18-5-2-4-17(12-18)13-25(30(40)41)35-29(39)27-22(31)14-19-15-36(11-10-20(19)28(27)32)26(38)9-8-21-23(33)6-3-7-24(21)34/h2-9,12,14,25H,10-11,13,15H2,1H3,(H,35,39)(H,40,41)/b9-8+/t25-/m0/s1. The summed E-state index contributed by atoms with van der Waals surface area (Å²) in [4.78, 5) is 51.0. The Morgan fingerprint density at radius 1 is 1.07 bits per heavy atom. The van der Waals surface area contributed by atoms with Crippen LogP contribution in [0, 0.1) is 11.6 Å². The number of amides is 2. The van der Waals surface area contributed by atoms with Crippen LogP contribution in [0.15, 0.2) is 54.6 Å². The molecule has 212 valence electrons. The summed E-state index contributed by atoms with van der Waals surface area (Å²) < 4.78 is 27.8. The van der Waals surface area contributed by atoms with E-state index in [1.807, 2.05) is 0 Å². The van der Waals surface area contributed by atoms with Crippen LogP contribution in [0.5, 0.6) is 0 Å². The molecule has 0 saturated heterocycles. The van der Waals surface area contributed by atoms with Crippen molar-refractivity contribution in [1.82, 2.24) is 10.2 Å². The molecule has 7 nitrogen and oxygen atoms in total. The number of fused-ring (bicyclic) bond motifs is 1. The zero-order chi connectivity index (χ0) is 29.8. The highest BCUT2D eigenvalue weighted by Crippen LogP contribution is 2.35. The third-order valence-corrected chi connectivity index (χ3v) is 7.43. The smallest absolute Gasteiger partial charge is 0.326 e. The first-order chi connectivity index (χ1) is 19.5. The molecule has 41 heavy (non-hydrogen) atoms. The van der Waals surface area contributed by atoms with Gasteiger partial charge in [-0.2, -0.15) is 0 Å². The van der Waals surface area contributed by atoms with E-state index in [2.05, 4.69) is 5.32 Å². The van der Waals surface area contributed by atoms with Crippen molar-refractivity contribution in [3.05, 3.63) is 110 Å². The maximum absolute atomic E-state index is 13.9.